The number of aryl methyl sites for hydroxylation is 1. The van der Waals surface area contributed by atoms with Crippen molar-refractivity contribution in [2.45, 2.75) is 49.6 Å². The molecule has 1 saturated carbocycles. The molecule has 1 aliphatic rings. The molecule has 2 rings (SSSR count). The van der Waals surface area contributed by atoms with Crippen LogP contribution in [0.2, 0.25) is 0 Å². The van der Waals surface area contributed by atoms with Crippen molar-refractivity contribution in [2.75, 3.05) is 7.05 Å². The number of aliphatic hydroxyl groups is 1. The molecule has 1 aliphatic carbocycles. The van der Waals surface area contributed by atoms with Gasteiger partial charge in [-0.25, -0.2) is 8.42 Å². The minimum Gasteiger partial charge on any atom is -0.391 e. The van der Waals surface area contributed by atoms with Crippen LogP contribution in [0, 0.1) is 6.92 Å². The standard InChI is InChI=1S/C12H18BrNO3S2/c1-8-11(7-12(13)18-8)19(16,17)14(2)9-5-3-4-6-10(9)15/h7,9-10,15H,3-6H2,1-2H3. The van der Waals surface area contributed by atoms with E-state index in [1.165, 1.54) is 15.6 Å². The van der Waals surface area contributed by atoms with E-state index in [1.807, 2.05) is 0 Å². The van der Waals surface area contributed by atoms with E-state index in [1.54, 1.807) is 20.0 Å². The Morgan fingerprint density at radius 3 is 2.58 bits per heavy atom. The van der Waals surface area contributed by atoms with Crippen LogP contribution in [0.15, 0.2) is 14.7 Å². The minimum absolute atomic E-state index is 0.308. The zero-order valence-electron chi connectivity index (χ0n) is 11.0. The third-order valence-corrected chi connectivity index (χ3v) is 7.35. The molecule has 2 unspecified atom stereocenters. The van der Waals surface area contributed by atoms with Crippen LogP contribution in [-0.4, -0.2) is 37.0 Å². The van der Waals surface area contributed by atoms with Crippen LogP contribution in [-0.2, 0) is 10.0 Å². The van der Waals surface area contributed by atoms with Gasteiger partial charge >= 0.3 is 0 Å². The Morgan fingerprint density at radius 2 is 2.05 bits per heavy atom. The third-order valence-electron chi connectivity index (χ3n) is 3.66. The molecule has 0 spiro atoms. The highest BCUT2D eigenvalue weighted by molar-refractivity contribution is 9.11. The van der Waals surface area contributed by atoms with Crippen molar-refractivity contribution < 1.29 is 13.5 Å². The van der Waals surface area contributed by atoms with Gasteiger partial charge in [-0.3, -0.25) is 0 Å². The molecule has 0 aromatic carbocycles. The summed E-state index contributed by atoms with van der Waals surface area (Å²) in [6.45, 7) is 1.80. The number of hydrogen-bond acceptors (Lipinski definition) is 4. The van der Waals surface area contributed by atoms with Gasteiger partial charge in [0.15, 0.2) is 0 Å². The van der Waals surface area contributed by atoms with Gasteiger partial charge in [0.05, 0.1) is 20.8 Å². The maximum atomic E-state index is 12.6. The van der Waals surface area contributed by atoms with Gasteiger partial charge in [-0.15, -0.1) is 11.3 Å². The van der Waals surface area contributed by atoms with Crippen molar-refractivity contribution in [1.82, 2.24) is 4.31 Å². The topological polar surface area (TPSA) is 57.6 Å². The Hall–Kier alpha value is 0.0500. The highest BCUT2D eigenvalue weighted by atomic mass is 79.9. The van der Waals surface area contributed by atoms with Crippen LogP contribution < -0.4 is 0 Å². The number of thiophene rings is 1. The lowest BCUT2D eigenvalue weighted by Crippen LogP contribution is -2.46. The highest BCUT2D eigenvalue weighted by Crippen LogP contribution is 2.33. The van der Waals surface area contributed by atoms with E-state index < -0.39 is 16.1 Å². The maximum Gasteiger partial charge on any atom is 0.244 e. The van der Waals surface area contributed by atoms with E-state index in [9.17, 15) is 13.5 Å². The van der Waals surface area contributed by atoms with Crippen molar-refractivity contribution in [2.24, 2.45) is 0 Å². The molecule has 2 atom stereocenters. The third kappa shape index (κ3) is 3.05. The molecule has 0 bridgehead atoms. The van der Waals surface area contributed by atoms with Gasteiger partial charge in [-0.2, -0.15) is 4.31 Å². The maximum absolute atomic E-state index is 12.6. The van der Waals surface area contributed by atoms with Crippen molar-refractivity contribution in [3.63, 3.8) is 0 Å². The summed E-state index contributed by atoms with van der Waals surface area (Å²) in [6, 6.07) is 1.33. The van der Waals surface area contributed by atoms with Gasteiger partial charge < -0.3 is 5.11 Å². The normalized spacial score (nSPS) is 24.9. The van der Waals surface area contributed by atoms with E-state index in [2.05, 4.69) is 15.9 Å². The number of sulfonamides is 1. The lowest BCUT2D eigenvalue weighted by Gasteiger charge is -2.34. The van der Waals surface area contributed by atoms with Crippen molar-refractivity contribution in [1.29, 1.82) is 0 Å². The summed E-state index contributed by atoms with van der Waals surface area (Å²) in [7, 11) is -1.96. The predicted octanol–water partition coefficient (Wildman–Crippen LogP) is 2.74. The Kier molecular flexibility index (Phi) is 4.72. The second kappa shape index (κ2) is 5.81. The average molecular weight is 368 g/mol. The molecule has 1 heterocycles. The summed E-state index contributed by atoms with van der Waals surface area (Å²) in [5.41, 5.74) is 0. The summed E-state index contributed by atoms with van der Waals surface area (Å²) >= 11 is 4.73. The van der Waals surface area contributed by atoms with Crippen LogP contribution in [0.25, 0.3) is 0 Å². The Morgan fingerprint density at radius 1 is 1.42 bits per heavy atom. The van der Waals surface area contributed by atoms with E-state index >= 15 is 0 Å². The molecule has 108 valence electrons. The lowest BCUT2D eigenvalue weighted by atomic mass is 9.93. The first kappa shape index (κ1) is 15.4. The first-order valence-electron chi connectivity index (χ1n) is 6.26. The van der Waals surface area contributed by atoms with E-state index in [0.717, 1.165) is 27.9 Å². The van der Waals surface area contributed by atoms with Gasteiger partial charge in [-0.1, -0.05) is 12.8 Å². The molecule has 1 aromatic heterocycles. The molecule has 1 fully saturated rings. The number of aliphatic hydroxyl groups excluding tert-OH is 1. The van der Waals surface area contributed by atoms with E-state index in [4.69, 9.17) is 0 Å². The smallest absolute Gasteiger partial charge is 0.244 e. The average Bonchev–Trinajstić information content (AvgIpc) is 2.69. The number of hydrogen-bond donors (Lipinski definition) is 1. The number of rotatable bonds is 3. The molecule has 19 heavy (non-hydrogen) atoms. The fourth-order valence-electron chi connectivity index (χ4n) is 2.54. The SMILES string of the molecule is Cc1sc(Br)cc1S(=O)(=O)N(C)C1CCCCC1O. The van der Waals surface area contributed by atoms with Crippen molar-refractivity contribution in [3.8, 4) is 0 Å². The van der Waals surface area contributed by atoms with Crippen LogP contribution in [0.1, 0.15) is 30.6 Å². The Bertz CT molecular complexity index is 555. The molecule has 7 heteroatoms. The number of likely N-dealkylation sites (N-methyl/N-ethyl adjacent to an activating group) is 1. The summed E-state index contributed by atoms with van der Waals surface area (Å²) < 4.78 is 27.4. The molecule has 0 aliphatic heterocycles. The van der Waals surface area contributed by atoms with Gasteiger partial charge in [0, 0.05) is 11.9 Å². The summed E-state index contributed by atoms with van der Waals surface area (Å²) in [5, 5.41) is 10.0. The van der Waals surface area contributed by atoms with Crippen molar-refractivity contribution in [3.05, 3.63) is 14.7 Å². The largest absolute Gasteiger partial charge is 0.391 e. The molecule has 1 N–H and O–H groups in total. The van der Waals surface area contributed by atoms with Gasteiger partial charge in [0.25, 0.3) is 0 Å². The molecule has 4 nitrogen and oxygen atoms in total. The van der Waals surface area contributed by atoms with Gasteiger partial charge in [0.1, 0.15) is 0 Å². The molecule has 1 aromatic rings. The fraction of sp³-hybridized carbons (Fsp3) is 0.667. The molecular formula is C12H18BrNO3S2. The van der Waals surface area contributed by atoms with Crippen LogP contribution in [0.4, 0.5) is 0 Å². The van der Waals surface area contributed by atoms with E-state index in [-0.39, 0.29) is 6.04 Å². The van der Waals surface area contributed by atoms with Crippen LogP contribution in [0.3, 0.4) is 0 Å². The van der Waals surface area contributed by atoms with Gasteiger partial charge in [-0.05, 0) is 41.8 Å². The molecule has 0 saturated heterocycles. The lowest BCUT2D eigenvalue weighted by molar-refractivity contribution is 0.0638. The Labute approximate surface area is 126 Å². The van der Waals surface area contributed by atoms with Gasteiger partial charge in [0.2, 0.25) is 10.0 Å². The second-order valence-corrected chi connectivity index (χ2v) is 9.51. The fourth-order valence-corrected chi connectivity index (χ4v) is 6.33. The monoisotopic (exact) mass is 367 g/mol. The number of halogens is 1. The quantitative estimate of drug-likeness (QED) is 0.893. The first-order valence-corrected chi connectivity index (χ1v) is 9.31. The summed E-state index contributed by atoms with van der Waals surface area (Å²) in [5.74, 6) is 0. The minimum atomic E-state index is -3.53. The zero-order valence-corrected chi connectivity index (χ0v) is 14.2. The zero-order chi connectivity index (χ0) is 14.2. The molecule has 0 amide bonds. The second-order valence-electron chi connectivity index (χ2n) is 4.91. The van der Waals surface area contributed by atoms with Crippen LogP contribution in [0.5, 0.6) is 0 Å². The first-order chi connectivity index (χ1) is 8.84. The highest BCUT2D eigenvalue weighted by Gasteiger charge is 2.35. The van der Waals surface area contributed by atoms with Crippen LogP contribution >= 0.6 is 27.3 Å². The predicted molar refractivity (Wildman–Crippen MR) is 80.0 cm³/mol. The Balaban J connectivity index is 2.31. The summed E-state index contributed by atoms with van der Waals surface area (Å²) in [4.78, 5) is 1.11. The molecule has 0 radical (unpaired) electrons. The molecular weight excluding hydrogens is 350 g/mol. The van der Waals surface area contributed by atoms with Crippen molar-refractivity contribution >= 4 is 37.3 Å². The number of nitrogens with zero attached hydrogens (tertiary/aromatic N) is 1. The summed E-state index contributed by atoms with van der Waals surface area (Å²) in [6.07, 6.45) is 2.77. The van der Waals surface area contributed by atoms with E-state index in [0.29, 0.717) is 11.3 Å².